The molecular weight excluding hydrogens is 265 g/mol. The highest BCUT2D eigenvalue weighted by atomic mass is 19.1. The smallest absolute Gasteiger partial charge is 0.169 e. The predicted octanol–water partition coefficient (Wildman–Crippen LogP) is 5.19. The normalized spacial score (nSPS) is 17.6. The molecule has 1 aliphatic carbocycles. The molecular formula is C18H24FNO. The van der Waals surface area contributed by atoms with Crippen LogP contribution in [0.3, 0.4) is 0 Å². The predicted molar refractivity (Wildman–Crippen MR) is 83.8 cm³/mol. The fourth-order valence-corrected chi connectivity index (χ4v) is 3.51. The van der Waals surface area contributed by atoms with Crippen LogP contribution in [0.25, 0.3) is 11.0 Å². The van der Waals surface area contributed by atoms with E-state index in [1.165, 1.54) is 38.2 Å². The van der Waals surface area contributed by atoms with Crippen LogP contribution in [0.1, 0.15) is 57.3 Å². The van der Waals surface area contributed by atoms with Gasteiger partial charge in [0.25, 0.3) is 0 Å². The summed E-state index contributed by atoms with van der Waals surface area (Å²) in [5.41, 5.74) is 0.385. The van der Waals surface area contributed by atoms with Crippen molar-refractivity contribution in [3.05, 3.63) is 35.8 Å². The van der Waals surface area contributed by atoms with Gasteiger partial charge in [-0.1, -0.05) is 44.7 Å². The Morgan fingerprint density at radius 2 is 2.14 bits per heavy atom. The maximum Gasteiger partial charge on any atom is 0.169 e. The molecule has 2 nitrogen and oxygen atoms in total. The summed E-state index contributed by atoms with van der Waals surface area (Å²) in [7, 11) is 0. The monoisotopic (exact) mass is 289 g/mol. The average Bonchev–Trinajstić information content (AvgIpc) is 3.13. The van der Waals surface area contributed by atoms with Gasteiger partial charge in [-0.3, -0.25) is 0 Å². The van der Waals surface area contributed by atoms with E-state index in [2.05, 4.69) is 12.2 Å². The highest BCUT2D eigenvalue weighted by molar-refractivity contribution is 5.78. The molecule has 1 unspecified atom stereocenters. The third-order valence-corrected chi connectivity index (χ3v) is 4.65. The minimum absolute atomic E-state index is 0.197. The van der Waals surface area contributed by atoms with Gasteiger partial charge in [0.15, 0.2) is 11.4 Å². The molecule has 3 heteroatoms. The zero-order chi connectivity index (χ0) is 14.7. The van der Waals surface area contributed by atoms with Crippen molar-refractivity contribution in [2.75, 3.05) is 6.54 Å². The lowest BCUT2D eigenvalue weighted by molar-refractivity contribution is 0.370. The Morgan fingerprint density at radius 1 is 1.33 bits per heavy atom. The minimum atomic E-state index is -0.273. The van der Waals surface area contributed by atoms with Crippen molar-refractivity contribution in [1.29, 1.82) is 0 Å². The Bertz CT molecular complexity index is 586. The van der Waals surface area contributed by atoms with Crippen LogP contribution in [0.4, 0.5) is 4.39 Å². The van der Waals surface area contributed by atoms with Gasteiger partial charge in [0.1, 0.15) is 5.76 Å². The van der Waals surface area contributed by atoms with Crippen LogP contribution in [0, 0.1) is 11.7 Å². The van der Waals surface area contributed by atoms with Gasteiger partial charge in [0.2, 0.25) is 0 Å². The summed E-state index contributed by atoms with van der Waals surface area (Å²) >= 11 is 0. The van der Waals surface area contributed by atoms with Crippen molar-refractivity contribution < 1.29 is 8.81 Å². The molecule has 1 aliphatic rings. The zero-order valence-electron chi connectivity index (χ0n) is 12.7. The quantitative estimate of drug-likeness (QED) is 0.791. The van der Waals surface area contributed by atoms with Crippen LogP contribution in [0.2, 0.25) is 0 Å². The fraction of sp³-hybridized carbons (Fsp3) is 0.556. The van der Waals surface area contributed by atoms with Gasteiger partial charge in [-0.2, -0.15) is 0 Å². The SMILES string of the molecule is CCNC(CCC1CCCC1)c1cc2cccc(F)c2o1. The molecule has 0 saturated heterocycles. The van der Waals surface area contributed by atoms with Crippen molar-refractivity contribution in [2.45, 2.75) is 51.5 Å². The number of halogens is 1. The van der Waals surface area contributed by atoms with E-state index in [4.69, 9.17) is 4.42 Å². The summed E-state index contributed by atoms with van der Waals surface area (Å²) in [6.45, 7) is 3.00. The molecule has 114 valence electrons. The van der Waals surface area contributed by atoms with E-state index in [0.29, 0.717) is 5.58 Å². The molecule has 0 bridgehead atoms. The van der Waals surface area contributed by atoms with E-state index in [0.717, 1.165) is 30.0 Å². The van der Waals surface area contributed by atoms with Gasteiger partial charge in [-0.05, 0) is 37.4 Å². The number of benzene rings is 1. The molecule has 1 saturated carbocycles. The molecule has 1 heterocycles. The van der Waals surface area contributed by atoms with Crippen LogP contribution < -0.4 is 5.32 Å². The van der Waals surface area contributed by atoms with E-state index in [1.807, 2.05) is 12.1 Å². The van der Waals surface area contributed by atoms with E-state index >= 15 is 0 Å². The van der Waals surface area contributed by atoms with Crippen LogP contribution in [0.15, 0.2) is 28.7 Å². The largest absolute Gasteiger partial charge is 0.456 e. The molecule has 1 aromatic carbocycles. The summed E-state index contributed by atoms with van der Waals surface area (Å²) in [5.74, 6) is 1.46. The van der Waals surface area contributed by atoms with Crippen molar-refractivity contribution in [1.82, 2.24) is 5.32 Å². The Morgan fingerprint density at radius 3 is 2.86 bits per heavy atom. The molecule has 2 aromatic rings. The molecule has 1 aromatic heterocycles. The standard InChI is InChI=1S/C18H24FNO/c1-2-20-16(11-10-13-6-3-4-7-13)17-12-14-8-5-9-15(19)18(14)21-17/h5,8-9,12-13,16,20H,2-4,6-7,10-11H2,1H3. The Kier molecular flexibility index (Phi) is 4.59. The Hall–Kier alpha value is -1.35. The number of rotatable bonds is 6. The number of nitrogens with one attached hydrogen (secondary N) is 1. The molecule has 0 aliphatic heterocycles. The van der Waals surface area contributed by atoms with Crippen molar-refractivity contribution >= 4 is 11.0 Å². The summed E-state index contributed by atoms with van der Waals surface area (Å²) in [5, 5.41) is 4.34. The van der Waals surface area contributed by atoms with Crippen LogP contribution in [0.5, 0.6) is 0 Å². The molecule has 21 heavy (non-hydrogen) atoms. The maximum absolute atomic E-state index is 13.8. The first-order valence-corrected chi connectivity index (χ1v) is 8.19. The van der Waals surface area contributed by atoms with Gasteiger partial charge in [-0.15, -0.1) is 0 Å². The van der Waals surface area contributed by atoms with E-state index in [1.54, 1.807) is 6.07 Å². The van der Waals surface area contributed by atoms with Crippen LogP contribution in [-0.2, 0) is 0 Å². The van der Waals surface area contributed by atoms with Crippen LogP contribution >= 0.6 is 0 Å². The number of hydrogen-bond acceptors (Lipinski definition) is 2. The summed E-state index contributed by atoms with van der Waals surface area (Å²) in [6.07, 6.45) is 7.80. The second-order valence-corrected chi connectivity index (χ2v) is 6.15. The van der Waals surface area contributed by atoms with Gasteiger partial charge in [-0.25, -0.2) is 4.39 Å². The van der Waals surface area contributed by atoms with E-state index in [-0.39, 0.29) is 11.9 Å². The number of fused-ring (bicyclic) bond motifs is 1. The molecule has 0 radical (unpaired) electrons. The van der Waals surface area contributed by atoms with Crippen molar-refractivity contribution in [2.24, 2.45) is 5.92 Å². The summed E-state index contributed by atoms with van der Waals surface area (Å²) < 4.78 is 19.6. The van der Waals surface area contributed by atoms with Gasteiger partial charge < -0.3 is 9.73 Å². The summed E-state index contributed by atoms with van der Waals surface area (Å²) in [6, 6.07) is 7.28. The second-order valence-electron chi connectivity index (χ2n) is 6.15. The second kappa shape index (κ2) is 6.61. The van der Waals surface area contributed by atoms with Crippen molar-refractivity contribution in [3.8, 4) is 0 Å². The molecule has 1 atom stereocenters. The zero-order valence-corrected chi connectivity index (χ0v) is 12.7. The first-order chi connectivity index (χ1) is 10.3. The number of para-hydroxylation sites is 1. The lowest BCUT2D eigenvalue weighted by Crippen LogP contribution is -2.21. The fourth-order valence-electron chi connectivity index (χ4n) is 3.51. The van der Waals surface area contributed by atoms with E-state index in [9.17, 15) is 4.39 Å². The first-order valence-electron chi connectivity index (χ1n) is 8.19. The summed E-state index contributed by atoms with van der Waals surface area (Å²) in [4.78, 5) is 0. The highest BCUT2D eigenvalue weighted by Crippen LogP contribution is 2.33. The Labute approximate surface area is 125 Å². The number of hydrogen-bond donors (Lipinski definition) is 1. The number of furan rings is 1. The maximum atomic E-state index is 13.8. The first kappa shape index (κ1) is 14.6. The van der Waals surface area contributed by atoms with Crippen LogP contribution in [-0.4, -0.2) is 6.54 Å². The Balaban J connectivity index is 1.75. The molecule has 0 amide bonds. The molecule has 3 rings (SSSR count). The topological polar surface area (TPSA) is 25.2 Å². The third kappa shape index (κ3) is 3.29. The molecule has 1 N–H and O–H groups in total. The van der Waals surface area contributed by atoms with Crippen molar-refractivity contribution in [3.63, 3.8) is 0 Å². The van der Waals surface area contributed by atoms with Gasteiger partial charge in [0, 0.05) is 5.39 Å². The lowest BCUT2D eigenvalue weighted by atomic mass is 9.97. The average molecular weight is 289 g/mol. The van der Waals surface area contributed by atoms with E-state index < -0.39 is 0 Å². The van der Waals surface area contributed by atoms with Gasteiger partial charge in [0.05, 0.1) is 6.04 Å². The highest BCUT2D eigenvalue weighted by Gasteiger charge is 2.20. The molecule has 0 spiro atoms. The third-order valence-electron chi connectivity index (χ3n) is 4.65. The molecule has 1 fully saturated rings. The minimum Gasteiger partial charge on any atom is -0.456 e. The van der Waals surface area contributed by atoms with Gasteiger partial charge >= 0.3 is 0 Å². The lowest BCUT2D eigenvalue weighted by Gasteiger charge is -2.17.